The van der Waals surface area contributed by atoms with E-state index in [0.717, 1.165) is 35.3 Å². The van der Waals surface area contributed by atoms with Crippen LogP contribution < -0.4 is 4.74 Å². The van der Waals surface area contributed by atoms with E-state index in [1.54, 1.807) is 0 Å². The van der Waals surface area contributed by atoms with Crippen LogP contribution in [0.25, 0.3) is 0 Å². The van der Waals surface area contributed by atoms with E-state index in [4.69, 9.17) is 9.47 Å². The fraction of sp³-hybridized carbons (Fsp3) is 0.345. The van der Waals surface area contributed by atoms with Gasteiger partial charge in [-0.1, -0.05) is 72.8 Å². The van der Waals surface area contributed by atoms with Gasteiger partial charge in [0.15, 0.2) is 0 Å². The Morgan fingerprint density at radius 3 is 2.06 bits per heavy atom. The zero-order valence-corrected chi connectivity index (χ0v) is 19.3. The highest BCUT2D eigenvalue weighted by atomic mass is 16.6. The number of aliphatic hydroxyl groups is 1. The Morgan fingerprint density at radius 1 is 0.824 bits per heavy atom. The molecule has 2 atom stereocenters. The number of piperidine rings is 1. The summed E-state index contributed by atoms with van der Waals surface area (Å²) in [5, 5.41) is 11.5. The lowest BCUT2D eigenvalue weighted by atomic mass is 9.81. The van der Waals surface area contributed by atoms with Crippen LogP contribution in [0.15, 0.2) is 84.9 Å². The Kier molecular flexibility index (Phi) is 6.54. The van der Waals surface area contributed by atoms with Gasteiger partial charge in [-0.15, -0.1) is 0 Å². The average Bonchev–Trinajstić information content (AvgIpc) is 3.14. The zero-order valence-electron chi connectivity index (χ0n) is 19.3. The number of carbonyl (C=O) groups is 1. The standard InChI is InChI=1S/C29H31NO4/c31-28(34-21-23-10-5-2-6-11-23)30-25-14-15-26(30)19-29(32,18-25)17-24-12-7-13-27(16-24)33-20-22-8-3-1-4-9-22/h1-13,16,25-26,32H,14-15,17-21H2. The van der Waals surface area contributed by atoms with E-state index < -0.39 is 5.60 Å². The van der Waals surface area contributed by atoms with E-state index in [9.17, 15) is 9.90 Å². The molecule has 2 unspecified atom stereocenters. The molecule has 34 heavy (non-hydrogen) atoms. The molecule has 1 N–H and O–H groups in total. The summed E-state index contributed by atoms with van der Waals surface area (Å²) in [6.45, 7) is 0.786. The van der Waals surface area contributed by atoms with Crippen LogP contribution in [0.4, 0.5) is 4.79 Å². The molecular weight excluding hydrogens is 426 g/mol. The second-order valence-electron chi connectivity index (χ2n) is 9.56. The van der Waals surface area contributed by atoms with E-state index >= 15 is 0 Å². The van der Waals surface area contributed by atoms with Crippen molar-refractivity contribution in [3.8, 4) is 5.75 Å². The van der Waals surface area contributed by atoms with Crippen molar-refractivity contribution in [3.63, 3.8) is 0 Å². The molecule has 5 heteroatoms. The van der Waals surface area contributed by atoms with Crippen LogP contribution in [0.3, 0.4) is 0 Å². The lowest BCUT2D eigenvalue weighted by Crippen LogP contribution is -2.54. The normalized spacial score (nSPS) is 23.5. The lowest BCUT2D eigenvalue weighted by molar-refractivity contribution is -0.0485. The van der Waals surface area contributed by atoms with E-state index in [2.05, 4.69) is 0 Å². The zero-order chi connectivity index (χ0) is 23.4. The maximum atomic E-state index is 12.8. The molecule has 2 saturated heterocycles. The molecule has 2 fully saturated rings. The number of fused-ring (bicyclic) bond motifs is 2. The van der Waals surface area contributed by atoms with Gasteiger partial charge in [0.2, 0.25) is 0 Å². The van der Waals surface area contributed by atoms with Gasteiger partial charge in [0.1, 0.15) is 19.0 Å². The number of ether oxygens (including phenoxy) is 2. The smallest absolute Gasteiger partial charge is 0.410 e. The van der Waals surface area contributed by atoms with Crippen molar-refractivity contribution in [2.45, 2.75) is 63.0 Å². The van der Waals surface area contributed by atoms with E-state index in [-0.39, 0.29) is 24.8 Å². The summed E-state index contributed by atoms with van der Waals surface area (Å²) < 4.78 is 11.6. The number of hydrogen-bond acceptors (Lipinski definition) is 4. The fourth-order valence-electron chi connectivity index (χ4n) is 5.42. The van der Waals surface area contributed by atoms with E-state index in [1.165, 1.54) is 0 Å². The van der Waals surface area contributed by atoms with Gasteiger partial charge in [-0.2, -0.15) is 0 Å². The molecule has 0 aliphatic carbocycles. The maximum Gasteiger partial charge on any atom is 0.410 e. The van der Waals surface area contributed by atoms with Crippen molar-refractivity contribution in [2.75, 3.05) is 0 Å². The van der Waals surface area contributed by atoms with Crippen LogP contribution in [-0.4, -0.2) is 33.8 Å². The number of benzene rings is 3. The van der Waals surface area contributed by atoms with Crippen molar-refractivity contribution in [1.29, 1.82) is 0 Å². The van der Waals surface area contributed by atoms with Gasteiger partial charge < -0.3 is 19.5 Å². The minimum absolute atomic E-state index is 0.0181. The monoisotopic (exact) mass is 457 g/mol. The number of hydrogen-bond donors (Lipinski definition) is 1. The molecular formula is C29H31NO4. The molecule has 2 heterocycles. The topological polar surface area (TPSA) is 59.0 Å². The van der Waals surface area contributed by atoms with Crippen molar-refractivity contribution in [2.24, 2.45) is 0 Å². The molecule has 5 nitrogen and oxygen atoms in total. The van der Waals surface area contributed by atoms with Gasteiger partial charge in [-0.05, 0) is 54.5 Å². The highest BCUT2D eigenvalue weighted by Crippen LogP contribution is 2.42. The predicted octanol–water partition coefficient (Wildman–Crippen LogP) is 5.50. The van der Waals surface area contributed by atoms with Crippen LogP contribution >= 0.6 is 0 Å². The summed E-state index contributed by atoms with van der Waals surface area (Å²) >= 11 is 0. The molecule has 5 rings (SSSR count). The summed E-state index contributed by atoms with van der Waals surface area (Å²) in [4.78, 5) is 14.7. The van der Waals surface area contributed by atoms with Crippen molar-refractivity contribution >= 4 is 6.09 Å². The quantitative estimate of drug-likeness (QED) is 0.509. The molecule has 2 aliphatic heterocycles. The molecule has 0 spiro atoms. The Morgan fingerprint density at radius 2 is 1.41 bits per heavy atom. The van der Waals surface area contributed by atoms with Crippen LogP contribution in [-0.2, 0) is 24.4 Å². The Hall–Kier alpha value is -3.31. The third-order valence-corrected chi connectivity index (χ3v) is 6.95. The van der Waals surface area contributed by atoms with Crippen LogP contribution in [0, 0.1) is 0 Å². The van der Waals surface area contributed by atoms with Gasteiger partial charge in [0.25, 0.3) is 0 Å². The molecule has 3 aromatic carbocycles. The minimum Gasteiger partial charge on any atom is -0.489 e. The van der Waals surface area contributed by atoms with Gasteiger partial charge >= 0.3 is 6.09 Å². The van der Waals surface area contributed by atoms with Crippen LogP contribution in [0.2, 0.25) is 0 Å². The summed E-state index contributed by atoms with van der Waals surface area (Å²) in [5.74, 6) is 0.801. The largest absolute Gasteiger partial charge is 0.489 e. The highest BCUT2D eigenvalue weighted by Gasteiger charge is 2.49. The molecule has 0 aromatic heterocycles. The lowest BCUT2D eigenvalue weighted by Gasteiger charge is -2.43. The third kappa shape index (κ3) is 5.26. The molecule has 0 radical (unpaired) electrons. The molecule has 1 amide bonds. The second-order valence-corrected chi connectivity index (χ2v) is 9.56. The van der Waals surface area contributed by atoms with E-state index in [0.29, 0.717) is 25.9 Å². The van der Waals surface area contributed by atoms with Gasteiger partial charge in [-0.25, -0.2) is 4.79 Å². The van der Waals surface area contributed by atoms with Gasteiger partial charge in [-0.3, -0.25) is 0 Å². The number of rotatable bonds is 7. The van der Waals surface area contributed by atoms with Crippen molar-refractivity contribution < 1.29 is 19.4 Å². The van der Waals surface area contributed by atoms with Crippen LogP contribution in [0.1, 0.15) is 42.4 Å². The first-order valence-corrected chi connectivity index (χ1v) is 12.1. The predicted molar refractivity (Wildman–Crippen MR) is 130 cm³/mol. The van der Waals surface area contributed by atoms with Crippen molar-refractivity contribution in [3.05, 3.63) is 102 Å². The fourth-order valence-corrected chi connectivity index (χ4v) is 5.42. The van der Waals surface area contributed by atoms with Gasteiger partial charge in [0, 0.05) is 18.5 Å². The first-order chi connectivity index (χ1) is 16.6. The Labute approximate surface area is 200 Å². The summed E-state index contributed by atoms with van der Waals surface area (Å²) in [6, 6.07) is 27.8. The molecule has 0 saturated carbocycles. The summed E-state index contributed by atoms with van der Waals surface area (Å²) in [5.41, 5.74) is 2.31. The second kappa shape index (κ2) is 9.90. The van der Waals surface area contributed by atoms with Crippen LogP contribution in [0.5, 0.6) is 5.75 Å². The Balaban J connectivity index is 1.19. The minimum atomic E-state index is -0.833. The molecule has 176 valence electrons. The first-order valence-electron chi connectivity index (χ1n) is 12.1. The third-order valence-electron chi connectivity index (χ3n) is 6.95. The summed E-state index contributed by atoms with van der Waals surface area (Å²) in [7, 11) is 0. The maximum absolute atomic E-state index is 12.8. The SMILES string of the molecule is O=C(OCc1ccccc1)N1C2CCC1CC(O)(Cc1cccc(OCc3ccccc3)c1)C2. The first kappa shape index (κ1) is 22.5. The number of carbonyl (C=O) groups excluding carboxylic acids is 1. The molecule has 2 bridgehead atoms. The van der Waals surface area contributed by atoms with E-state index in [1.807, 2.05) is 89.8 Å². The highest BCUT2D eigenvalue weighted by molar-refractivity contribution is 5.69. The van der Waals surface area contributed by atoms with Gasteiger partial charge in [0.05, 0.1) is 5.60 Å². The molecule has 3 aromatic rings. The number of amides is 1. The number of nitrogens with zero attached hydrogens (tertiary/aromatic N) is 1. The molecule has 2 aliphatic rings. The average molecular weight is 458 g/mol. The van der Waals surface area contributed by atoms with Crippen molar-refractivity contribution in [1.82, 2.24) is 4.90 Å². The summed E-state index contributed by atoms with van der Waals surface area (Å²) in [6.07, 6.45) is 3.24. The Bertz CT molecular complexity index is 1090.